The number of aliphatic imine (C=N–C) groups is 1. The third-order valence-electron chi connectivity index (χ3n) is 2.50. The van der Waals surface area contributed by atoms with E-state index >= 15 is 0 Å². The maximum Gasteiger partial charge on any atom is 0.183 e. The van der Waals surface area contributed by atoms with Crippen LogP contribution >= 0.6 is 11.6 Å². The molecule has 0 N–H and O–H groups in total. The smallest absolute Gasteiger partial charge is 0.183 e. The van der Waals surface area contributed by atoms with Crippen LogP contribution in [0.2, 0.25) is 5.02 Å². The zero-order valence-electron chi connectivity index (χ0n) is 9.04. The van der Waals surface area contributed by atoms with E-state index in [2.05, 4.69) is 11.9 Å². The first-order valence-corrected chi connectivity index (χ1v) is 5.73. The molecule has 0 unspecified atom stereocenters. The standard InChI is InChI=1S/C12H13ClFNO/c1-2-3-12-15-11(7-16-12)8-4-5-9(13)10(14)6-8/h4-6,11H,2-3,7H2,1H3/t11-/m0/s1. The Morgan fingerprint density at radius 3 is 3.06 bits per heavy atom. The van der Waals surface area contributed by atoms with Gasteiger partial charge >= 0.3 is 0 Å². The van der Waals surface area contributed by atoms with Gasteiger partial charge in [0.05, 0.1) is 5.02 Å². The van der Waals surface area contributed by atoms with Crippen molar-refractivity contribution in [2.45, 2.75) is 25.8 Å². The Labute approximate surface area is 99.1 Å². The zero-order valence-corrected chi connectivity index (χ0v) is 9.80. The second kappa shape index (κ2) is 4.83. The predicted octanol–water partition coefficient (Wildman–Crippen LogP) is 3.75. The van der Waals surface area contributed by atoms with Crippen LogP contribution in [-0.2, 0) is 4.74 Å². The molecule has 0 saturated carbocycles. The highest BCUT2D eigenvalue weighted by Crippen LogP contribution is 2.26. The van der Waals surface area contributed by atoms with Crippen molar-refractivity contribution in [1.29, 1.82) is 0 Å². The summed E-state index contributed by atoms with van der Waals surface area (Å²) < 4.78 is 18.7. The largest absolute Gasteiger partial charge is 0.478 e. The maximum atomic E-state index is 13.3. The Morgan fingerprint density at radius 1 is 1.56 bits per heavy atom. The Hall–Kier alpha value is -1.09. The molecule has 0 aromatic heterocycles. The fourth-order valence-corrected chi connectivity index (χ4v) is 1.78. The minimum atomic E-state index is -0.404. The molecule has 0 bridgehead atoms. The summed E-state index contributed by atoms with van der Waals surface area (Å²) in [6.07, 6.45) is 1.84. The Balaban J connectivity index is 2.16. The Kier molecular flexibility index (Phi) is 3.44. The minimum Gasteiger partial charge on any atom is -0.478 e. The van der Waals surface area contributed by atoms with Crippen LogP contribution in [0.5, 0.6) is 0 Å². The predicted molar refractivity (Wildman–Crippen MR) is 62.4 cm³/mol. The molecule has 1 aliphatic rings. The van der Waals surface area contributed by atoms with Gasteiger partial charge in [-0.1, -0.05) is 24.6 Å². The summed E-state index contributed by atoms with van der Waals surface area (Å²) in [4.78, 5) is 4.40. The minimum absolute atomic E-state index is 0.0895. The summed E-state index contributed by atoms with van der Waals surface area (Å²) in [5, 5.41) is 0.139. The van der Waals surface area contributed by atoms with Crippen LogP contribution in [0.15, 0.2) is 23.2 Å². The van der Waals surface area contributed by atoms with Crippen LogP contribution in [0.1, 0.15) is 31.4 Å². The Morgan fingerprint density at radius 2 is 2.38 bits per heavy atom. The first-order chi connectivity index (χ1) is 7.70. The third kappa shape index (κ3) is 2.35. The quantitative estimate of drug-likeness (QED) is 0.790. The highest BCUT2D eigenvalue weighted by Gasteiger charge is 2.20. The molecule has 0 spiro atoms. The molecule has 2 nitrogen and oxygen atoms in total. The second-order valence-electron chi connectivity index (χ2n) is 3.77. The average molecular weight is 242 g/mol. The molecule has 0 saturated heterocycles. The van der Waals surface area contributed by atoms with Crippen LogP contribution < -0.4 is 0 Å². The van der Waals surface area contributed by atoms with Crippen LogP contribution in [-0.4, -0.2) is 12.5 Å². The van der Waals surface area contributed by atoms with E-state index in [9.17, 15) is 4.39 Å². The number of hydrogen-bond acceptors (Lipinski definition) is 2. The fraction of sp³-hybridized carbons (Fsp3) is 0.417. The van der Waals surface area contributed by atoms with Crippen molar-refractivity contribution in [2.24, 2.45) is 4.99 Å². The van der Waals surface area contributed by atoms with E-state index in [0.717, 1.165) is 24.3 Å². The van der Waals surface area contributed by atoms with Gasteiger partial charge in [0.15, 0.2) is 5.90 Å². The van der Waals surface area contributed by atoms with E-state index in [1.54, 1.807) is 12.1 Å². The molecule has 16 heavy (non-hydrogen) atoms. The number of rotatable bonds is 3. The average Bonchev–Trinajstić information content (AvgIpc) is 2.71. The lowest BCUT2D eigenvalue weighted by Gasteiger charge is -2.05. The lowest BCUT2D eigenvalue weighted by Crippen LogP contribution is -1.99. The van der Waals surface area contributed by atoms with Crippen molar-refractivity contribution in [3.05, 3.63) is 34.6 Å². The molecule has 1 aromatic rings. The summed E-state index contributed by atoms with van der Waals surface area (Å²) in [7, 11) is 0. The second-order valence-corrected chi connectivity index (χ2v) is 4.18. The third-order valence-corrected chi connectivity index (χ3v) is 2.81. The van der Waals surface area contributed by atoms with Crippen molar-refractivity contribution in [1.82, 2.24) is 0 Å². The Bertz CT molecular complexity index is 419. The lowest BCUT2D eigenvalue weighted by atomic mass is 10.1. The first kappa shape index (κ1) is 11.4. The molecule has 1 heterocycles. The summed E-state index contributed by atoms with van der Waals surface area (Å²) in [6.45, 7) is 2.57. The van der Waals surface area contributed by atoms with E-state index in [-0.39, 0.29) is 11.1 Å². The summed E-state index contributed by atoms with van der Waals surface area (Å²) >= 11 is 5.62. The molecular formula is C12H13ClFNO. The molecule has 0 fully saturated rings. The highest BCUT2D eigenvalue weighted by molar-refractivity contribution is 6.30. The van der Waals surface area contributed by atoms with Crippen molar-refractivity contribution in [2.75, 3.05) is 6.61 Å². The van der Waals surface area contributed by atoms with Gasteiger partial charge in [0.25, 0.3) is 0 Å². The van der Waals surface area contributed by atoms with Gasteiger partial charge in [0.1, 0.15) is 18.5 Å². The van der Waals surface area contributed by atoms with Crippen molar-refractivity contribution in [3.8, 4) is 0 Å². The molecule has 0 amide bonds. The summed E-state index contributed by atoms with van der Waals surface area (Å²) in [5.74, 6) is 0.362. The molecule has 0 aliphatic carbocycles. The zero-order chi connectivity index (χ0) is 11.5. The van der Waals surface area contributed by atoms with Gasteiger partial charge < -0.3 is 4.74 Å². The maximum absolute atomic E-state index is 13.3. The van der Waals surface area contributed by atoms with Crippen LogP contribution in [0.3, 0.4) is 0 Å². The number of halogens is 2. The van der Waals surface area contributed by atoms with Crippen molar-refractivity contribution in [3.63, 3.8) is 0 Å². The van der Waals surface area contributed by atoms with Crippen LogP contribution in [0.4, 0.5) is 4.39 Å². The number of benzene rings is 1. The molecule has 4 heteroatoms. The number of ether oxygens (including phenoxy) is 1. The van der Waals surface area contributed by atoms with Crippen LogP contribution in [0, 0.1) is 5.82 Å². The van der Waals surface area contributed by atoms with Gasteiger partial charge in [0.2, 0.25) is 0 Å². The van der Waals surface area contributed by atoms with Gasteiger partial charge in [-0.2, -0.15) is 0 Å². The van der Waals surface area contributed by atoms with Gasteiger partial charge in [0, 0.05) is 6.42 Å². The van der Waals surface area contributed by atoms with Crippen molar-refractivity contribution < 1.29 is 9.13 Å². The fourth-order valence-electron chi connectivity index (χ4n) is 1.66. The number of hydrogen-bond donors (Lipinski definition) is 0. The molecule has 1 aromatic carbocycles. The molecular weight excluding hydrogens is 229 g/mol. The van der Waals surface area contributed by atoms with E-state index < -0.39 is 5.82 Å². The molecule has 1 aliphatic heterocycles. The normalized spacial score (nSPS) is 19.4. The van der Waals surface area contributed by atoms with Gasteiger partial charge in [-0.05, 0) is 24.1 Å². The van der Waals surface area contributed by atoms with E-state index in [4.69, 9.17) is 16.3 Å². The molecule has 86 valence electrons. The highest BCUT2D eigenvalue weighted by atomic mass is 35.5. The van der Waals surface area contributed by atoms with Gasteiger partial charge in [-0.3, -0.25) is 0 Å². The van der Waals surface area contributed by atoms with E-state index in [1.807, 2.05) is 0 Å². The van der Waals surface area contributed by atoms with Crippen LogP contribution in [0.25, 0.3) is 0 Å². The SMILES string of the molecule is CCCC1=N[C@H](c2ccc(Cl)c(F)c2)CO1. The summed E-state index contributed by atoms with van der Waals surface area (Å²) in [6, 6.07) is 4.68. The first-order valence-electron chi connectivity index (χ1n) is 5.35. The van der Waals surface area contributed by atoms with E-state index in [1.165, 1.54) is 6.07 Å². The lowest BCUT2D eigenvalue weighted by molar-refractivity contribution is 0.311. The van der Waals surface area contributed by atoms with Gasteiger partial charge in [-0.15, -0.1) is 0 Å². The molecule has 1 atom stereocenters. The monoisotopic (exact) mass is 241 g/mol. The molecule has 2 rings (SSSR count). The molecule has 0 radical (unpaired) electrons. The van der Waals surface area contributed by atoms with Gasteiger partial charge in [-0.25, -0.2) is 9.38 Å². The topological polar surface area (TPSA) is 21.6 Å². The van der Waals surface area contributed by atoms with Crippen molar-refractivity contribution >= 4 is 17.5 Å². The summed E-state index contributed by atoms with van der Waals surface area (Å²) in [5.41, 5.74) is 0.813. The number of nitrogens with zero attached hydrogens (tertiary/aromatic N) is 1. The van der Waals surface area contributed by atoms with E-state index in [0.29, 0.717) is 6.61 Å².